The molecule has 5 rings (SSSR count). The van der Waals surface area contributed by atoms with Gasteiger partial charge in [-0.1, -0.05) is 38.0 Å². The van der Waals surface area contributed by atoms with Crippen LogP contribution >= 0.6 is 0 Å². The third-order valence-corrected chi connectivity index (χ3v) is 10.3. The van der Waals surface area contributed by atoms with E-state index in [1.54, 1.807) is 14.2 Å². The molecular weight excluding hydrogens is 628 g/mol. The number of ether oxygens (including phenoxy) is 5. The van der Waals surface area contributed by atoms with Crippen molar-refractivity contribution >= 4 is 17.7 Å². The van der Waals surface area contributed by atoms with Crippen molar-refractivity contribution in [2.75, 3.05) is 60.2 Å². The van der Waals surface area contributed by atoms with Crippen LogP contribution in [0.5, 0.6) is 17.2 Å². The molecule has 1 unspecified atom stereocenters. The maximum Gasteiger partial charge on any atom is 0.329 e. The molecule has 1 aliphatic carbocycles. The van der Waals surface area contributed by atoms with Crippen LogP contribution < -0.4 is 14.2 Å². The number of aliphatic hydroxyl groups is 1. The minimum absolute atomic E-state index is 0.255. The van der Waals surface area contributed by atoms with E-state index in [2.05, 4.69) is 4.90 Å². The molecule has 0 radical (unpaired) electrons. The lowest BCUT2D eigenvalue weighted by atomic mass is 9.73. The van der Waals surface area contributed by atoms with Crippen LogP contribution in [0.3, 0.4) is 0 Å². The number of piperidine rings is 1. The van der Waals surface area contributed by atoms with E-state index in [1.165, 1.54) is 4.90 Å². The van der Waals surface area contributed by atoms with Gasteiger partial charge >= 0.3 is 5.97 Å². The number of hydrogen-bond acceptors (Lipinski definition) is 10. The summed E-state index contributed by atoms with van der Waals surface area (Å²) in [5.74, 6) is -0.577. The average Bonchev–Trinajstić information content (AvgIpc) is 3.14. The molecule has 1 N–H and O–H groups in total. The van der Waals surface area contributed by atoms with Crippen LogP contribution in [0.4, 0.5) is 0 Å². The number of esters is 1. The predicted molar refractivity (Wildman–Crippen MR) is 183 cm³/mol. The van der Waals surface area contributed by atoms with E-state index in [1.807, 2.05) is 49.4 Å². The van der Waals surface area contributed by atoms with Crippen molar-refractivity contribution in [3.8, 4) is 17.2 Å². The Morgan fingerprint density at radius 1 is 0.959 bits per heavy atom. The first-order valence-electron chi connectivity index (χ1n) is 17.8. The van der Waals surface area contributed by atoms with E-state index in [9.17, 15) is 19.5 Å². The Morgan fingerprint density at radius 3 is 2.49 bits per heavy atom. The van der Waals surface area contributed by atoms with Gasteiger partial charge in [0.2, 0.25) is 0 Å². The monoisotopic (exact) mass is 680 g/mol. The first-order valence-corrected chi connectivity index (χ1v) is 17.8. The molecule has 268 valence electrons. The third-order valence-electron chi connectivity index (χ3n) is 10.3. The molecule has 1 amide bonds. The Morgan fingerprint density at radius 2 is 1.73 bits per heavy atom. The zero-order chi connectivity index (χ0) is 34.8. The number of Topliss-reactive ketones (excluding diaryl/α,β-unsaturated/α-hetero) is 1. The predicted octanol–water partition coefficient (Wildman–Crippen LogP) is 4.52. The van der Waals surface area contributed by atoms with Crippen molar-refractivity contribution in [1.82, 2.24) is 9.80 Å². The van der Waals surface area contributed by atoms with Gasteiger partial charge in [-0.3, -0.25) is 14.5 Å². The number of rotatable bonds is 14. The number of likely N-dealkylation sites (tertiary alicyclic amines) is 1. The molecule has 1 saturated carbocycles. The highest BCUT2D eigenvalue weighted by atomic mass is 16.5. The van der Waals surface area contributed by atoms with Crippen LogP contribution in [0.1, 0.15) is 75.5 Å². The van der Waals surface area contributed by atoms with Gasteiger partial charge in [-0.25, -0.2) is 4.79 Å². The molecule has 2 aromatic rings. The Bertz CT molecular complexity index is 1430. The maximum atomic E-state index is 14.0. The normalized spacial score (nSPS) is 23.7. The molecule has 0 aromatic heterocycles. The number of aryl methyl sites for hydroxylation is 1. The minimum atomic E-state index is -1.70. The molecule has 0 spiro atoms. The zero-order valence-electron chi connectivity index (χ0n) is 29.2. The van der Waals surface area contributed by atoms with Gasteiger partial charge < -0.3 is 33.7 Å². The van der Waals surface area contributed by atoms with Crippen LogP contribution in [-0.2, 0) is 30.3 Å². The van der Waals surface area contributed by atoms with Gasteiger partial charge in [-0.05, 0) is 86.3 Å². The molecule has 11 nitrogen and oxygen atoms in total. The van der Waals surface area contributed by atoms with Crippen LogP contribution in [-0.4, -0.2) is 104 Å². The molecule has 4 atom stereocenters. The summed E-state index contributed by atoms with van der Waals surface area (Å²) in [6, 6.07) is 12.4. The lowest BCUT2D eigenvalue weighted by molar-refractivity contribution is -0.169. The summed E-state index contributed by atoms with van der Waals surface area (Å²) >= 11 is 0. The molecule has 2 heterocycles. The molecule has 3 aliphatic rings. The van der Waals surface area contributed by atoms with E-state index < -0.39 is 35.4 Å². The average molecular weight is 681 g/mol. The molecule has 2 saturated heterocycles. The second kappa shape index (κ2) is 17.3. The number of morpholine rings is 1. The second-order valence-corrected chi connectivity index (χ2v) is 13.4. The number of carbonyl (C=O) groups excluding carboxylic acids is 3. The molecular formula is C38H52N2O9. The summed E-state index contributed by atoms with van der Waals surface area (Å²) in [5.41, 5.74) is 0.0464. The lowest BCUT2D eigenvalue weighted by Gasteiger charge is -2.39. The second-order valence-electron chi connectivity index (χ2n) is 13.4. The number of nitrogens with zero attached hydrogens (tertiary/aromatic N) is 2. The number of benzene rings is 2. The van der Waals surface area contributed by atoms with Crippen LogP contribution in [0.25, 0.3) is 0 Å². The number of methoxy groups -OCH3 is 2. The van der Waals surface area contributed by atoms with Crippen LogP contribution in [0, 0.1) is 5.92 Å². The highest BCUT2D eigenvalue weighted by molar-refractivity contribution is 6.39. The van der Waals surface area contributed by atoms with Crippen molar-refractivity contribution in [3.63, 3.8) is 0 Å². The van der Waals surface area contributed by atoms with E-state index >= 15 is 0 Å². The summed E-state index contributed by atoms with van der Waals surface area (Å²) in [6.45, 7) is 6.57. The Kier molecular flexibility index (Phi) is 12.9. The standard InChI is InChI=1S/C38H52N2O9/c1-27-9-4-6-17-38(27,44)35(41)36(42)40-18-7-5-12-31(40)37(43)49-32(15-13-28-14-16-33(45-2)34(25-28)46-3)29-10-8-11-30(26-29)48-24-21-39-19-22-47-23-20-39/h8,10-11,14,16,25-27,31-32,44H,4-7,9,12-13,15,17-24H2,1-3H3/t27-,31?,32-,38+/m1/s1. The van der Waals surface area contributed by atoms with Gasteiger partial charge in [-0.2, -0.15) is 0 Å². The van der Waals surface area contributed by atoms with Crippen molar-refractivity contribution in [2.24, 2.45) is 5.92 Å². The quantitative estimate of drug-likeness (QED) is 0.225. The smallest absolute Gasteiger partial charge is 0.329 e. The highest BCUT2D eigenvalue weighted by Gasteiger charge is 2.49. The fraction of sp³-hybridized carbons (Fsp3) is 0.605. The van der Waals surface area contributed by atoms with E-state index in [0.29, 0.717) is 62.4 Å². The molecule has 11 heteroatoms. The fourth-order valence-corrected chi connectivity index (χ4v) is 7.17. The number of ketones is 1. The van der Waals surface area contributed by atoms with Crippen molar-refractivity contribution < 1.29 is 43.2 Å². The fourth-order valence-electron chi connectivity index (χ4n) is 7.17. The van der Waals surface area contributed by atoms with Crippen molar-refractivity contribution in [2.45, 2.75) is 82.5 Å². The lowest BCUT2D eigenvalue weighted by Crippen LogP contribution is -2.58. The highest BCUT2D eigenvalue weighted by Crippen LogP contribution is 2.36. The van der Waals surface area contributed by atoms with Gasteiger partial charge in [0.25, 0.3) is 11.7 Å². The maximum absolute atomic E-state index is 14.0. The van der Waals surface area contributed by atoms with E-state index in [4.69, 9.17) is 23.7 Å². The largest absolute Gasteiger partial charge is 0.493 e. The van der Waals surface area contributed by atoms with Gasteiger partial charge in [-0.15, -0.1) is 0 Å². The molecule has 2 aromatic carbocycles. The molecule has 2 aliphatic heterocycles. The molecule has 3 fully saturated rings. The summed E-state index contributed by atoms with van der Waals surface area (Å²) < 4.78 is 28.7. The van der Waals surface area contributed by atoms with E-state index in [0.717, 1.165) is 56.8 Å². The van der Waals surface area contributed by atoms with Crippen molar-refractivity contribution in [1.29, 1.82) is 0 Å². The summed E-state index contributed by atoms with van der Waals surface area (Å²) in [4.78, 5) is 44.8. The van der Waals surface area contributed by atoms with Gasteiger partial charge in [0.15, 0.2) is 11.5 Å². The topological polar surface area (TPSA) is 124 Å². The number of hydrogen-bond donors (Lipinski definition) is 1. The Balaban J connectivity index is 1.33. The summed E-state index contributed by atoms with van der Waals surface area (Å²) in [7, 11) is 3.18. The van der Waals surface area contributed by atoms with Crippen LogP contribution in [0.2, 0.25) is 0 Å². The SMILES string of the molecule is COc1ccc(CC[C@@H](OC(=O)C2CCCCN2C(=O)C(=O)[C@]2(O)CCCC[C@H]2C)c2cccc(OCCN3CCOCC3)c2)cc1OC. The summed E-state index contributed by atoms with van der Waals surface area (Å²) in [5, 5.41) is 11.3. The first-order chi connectivity index (χ1) is 23.7. The zero-order valence-corrected chi connectivity index (χ0v) is 29.2. The number of amides is 1. The van der Waals surface area contributed by atoms with Gasteiger partial charge in [0, 0.05) is 26.2 Å². The van der Waals surface area contributed by atoms with Gasteiger partial charge in [0.05, 0.1) is 27.4 Å². The Hall–Kier alpha value is -3.67. The first kappa shape index (κ1) is 36.6. The summed E-state index contributed by atoms with van der Waals surface area (Å²) in [6.07, 6.45) is 4.68. The molecule has 49 heavy (non-hydrogen) atoms. The third kappa shape index (κ3) is 9.12. The van der Waals surface area contributed by atoms with Crippen molar-refractivity contribution in [3.05, 3.63) is 53.6 Å². The van der Waals surface area contributed by atoms with E-state index in [-0.39, 0.29) is 18.9 Å². The van der Waals surface area contributed by atoms with Crippen LogP contribution in [0.15, 0.2) is 42.5 Å². The van der Waals surface area contributed by atoms with Gasteiger partial charge in [0.1, 0.15) is 30.1 Å². The molecule has 0 bridgehead atoms. The minimum Gasteiger partial charge on any atom is -0.493 e. The Labute approximate surface area is 289 Å². The number of carbonyl (C=O) groups is 3.